The molecule has 2 rings (SSSR count). The van der Waals surface area contributed by atoms with Crippen LogP contribution >= 0.6 is 15.9 Å². The molecule has 0 fully saturated rings. The molecule has 0 radical (unpaired) electrons. The van der Waals surface area contributed by atoms with Gasteiger partial charge in [0.05, 0.1) is 11.5 Å². The summed E-state index contributed by atoms with van der Waals surface area (Å²) in [7, 11) is 0. The van der Waals surface area contributed by atoms with E-state index in [2.05, 4.69) is 36.2 Å². The van der Waals surface area contributed by atoms with Crippen LogP contribution in [-0.2, 0) is 4.79 Å². The first-order chi connectivity index (χ1) is 10.2. The average Bonchev–Trinajstić information content (AvgIpc) is 2.37. The first kappa shape index (κ1) is 16.6. The normalized spacial score (nSPS) is 11.8. The van der Waals surface area contributed by atoms with Crippen LogP contribution in [-0.4, -0.2) is 27.0 Å². The van der Waals surface area contributed by atoms with E-state index in [4.69, 9.17) is 4.74 Å². The minimum Gasteiger partial charge on any atom is -0.474 e. The Morgan fingerprint density at radius 1 is 1.32 bits per heavy atom. The first-order valence-electron chi connectivity index (χ1n) is 6.98. The number of aromatic nitrogens is 3. The van der Waals surface area contributed by atoms with Crippen molar-refractivity contribution >= 4 is 38.8 Å². The van der Waals surface area contributed by atoms with Gasteiger partial charge in [-0.15, -0.1) is 0 Å². The van der Waals surface area contributed by atoms with Crippen molar-refractivity contribution in [3.63, 3.8) is 0 Å². The average molecular weight is 367 g/mol. The van der Waals surface area contributed by atoms with E-state index in [-0.39, 0.29) is 18.0 Å². The number of ether oxygens (including phenoxy) is 1. The number of hydrogen-bond acceptors (Lipinski definition) is 5. The summed E-state index contributed by atoms with van der Waals surface area (Å²) in [6.45, 7) is 9.29. The van der Waals surface area contributed by atoms with Crippen LogP contribution in [0.5, 0.6) is 5.88 Å². The highest BCUT2D eigenvalue weighted by Crippen LogP contribution is 2.27. The third kappa shape index (κ3) is 3.91. The summed E-state index contributed by atoms with van der Waals surface area (Å²) in [6.07, 6.45) is 1.59. The van der Waals surface area contributed by atoms with Crippen molar-refractivity contribution in [1.82, 2.24) is 15.0 Å². The van der Waals surface area contributed by atoms with Crippen LogP contribution < -0.4 is 10.1 Å². The zero-order valence-corrected chi connectivity index (χ0v) is 14.9. The number of amides is 1. The molecule has 0 atom stereocenters. The van der Waals surface area contributed by atoms with Gasteiger partial charge < -0.3 is 4.74 Å². The fourth-order valence-electron chi connectivity index (χ4n) is 1.62. The highest BCUT2D eigenvalue weighted by molar-refractivity contribution is 9.10. The molecule has 1 N–H and O–H groups in total. The van der Waals surface area contributed by atoms with Crippen molar-refractivity contribution in [2.24, 2.45) is 5.41 Å². The Hall–Kier alpha value is -1.76. The van der Waals surface area contributed by atoms with E-state index in [1.165, 1.54) is 0 Å². The van der Waals surface area contributed by atoms with Gasteiger partial charge in [0.25, 0.3) is 0 Å². The number of carbonyl (C=O) groups is 1. The number of anilines is 1. The molecule has 6 nitrogen and oxygen atoms in total. The van der Waals surface area contributed by atoms with Gasteiger partial charge in [-0.1, -0.05) is 20.8 Å². The zero-order valence-electron chi connectivity index (χ0n) is 13.3. The topological polar surface area (TPSA) is 77.0 Å². The molecular formula is C15H19BrN4O2. The third-order valence-electron chi connectivity index (χ3n) is 2.74. The molecule has 0 saturated heterocycles. The quantitative estimate of drug-likeness (QED) is 0.898. The largest absolute Gasteiger partial charge is 0.474 e. The highest BCUT2D eigenvalue weighted by atomic mass is 79.9. The van der Waals surface area contributed by atoms with Gasteiger partial charge in [0.15, 0.2) is 5.65 Å². The predicted octanol–water partition coefficient (Wildman–Crippen LogP) is 3.56. The van der Waals surface area contributed by atoms with Crippen LogP contribution in [0.3, 0.4) is 0 Å². The Bertz CT molecular complexity index is 710. The maximum atomic E-state index is 12.1. The van der Waals surface area contributed by atoms with Gasteiger partial charge in [-0.25, -0.2) is 4.98 Å². The van der Waals surface area contributed by atoms with Crippen molar-refractivity contribution in [3.8, 4) is 5.88 Å². The fourth-order valence-corrected chi connectivity index (χ4v) is 1.95. The molecule has 0 aromatic carbocycles. The second-order valence-corrected chi connectivity index (χ2v) is 7.16. The van der Waals surface area contributed by atoms with E-state index in [1.54, 1.807) is 6.20 Å². The third-order valence-corrected chi connectivity index (χ3v) is 3.17. The zero-order chi connectivity index (χ0) is 16.5. The Balaban J connectivity index is 2.48. The summed E-state index contributed by atoms with van der Waals surface area (Å²) in [4.78, 5) is 24.9. The maximum Gasteiger partial charge on any atom is 0.234 e. The molecule has 0 unspecified atom stereocenters. The Labute approximate surface area is 137 Å². The molecule has 118 valence electrons. The lowest BCUT2D eigenvalue weighted by atomic mass is 9.96. The van der Waals surface area contributed by atoms with Gasteiger partial charge in [0, 0.05) is 16.1 Å². The molecule has 2 heterocycles. The maximum absolute atomic E-state index is 12.1. The van der Waals surface area contributed by atoms with E-state index in [9.17, 15) is 4.79 Å². The first-order valence-corrected chi connectivity index (χ1v) is 7.77. The van der Waals surface area contributed by atoms with Gasteiger partial charge in [0.1, 0.15) is 0 Å². The molecule has 7 heteroatoms. The molecule has 0 spiro atoms. The number of pyridine rings is 1. The van der Waals surface area contributed by atoms with Crippen molar-refractivity contribution in [3.05, 3.63) is 16.7 Å². The Kier molecular flexibility index (Phi) is 4.65. The van der Waals surface area contributed by atoms with E-state index in [1.807, 2.05) is 40.7 Å². The monoisotopic (exact) mass is 366 g/mol. The molecule has 1 amide bonds. The fraction of sp³-hybridized carbons (Fsp3) is 0.467. The van der Waals surface area contributed by atoms with E-state index in [0.29, 0.717) is 16.9 Å². The van der Waals surface area contributed by atoms with E-state index < -0.39 is 5.41 Å². The molecule has 2 aromatic heterocycles. The van der Waals surface area contributed by atoms with Gasteiger partial charge in [-0.2, -0.15) is 9.97 Å². The van der Waals surface area contributed by atoms with Crippen LogP contribution in [0.25, 0.3) is 11.0 Å². The lowest BCUT2D eigenvalue weighted by molar-refractivity contribution is -0.123. The van der Waals surface area contributed by atoms with Gasteiger partial charge in [-0.05, 0) is 35.8 Å². The molecule has 2 aromatic rings. The van der Waals surface area contributed by atoms with Crippen molar-refractivity contribution < 1.29 is 9.53 Å². The lowest BCUT2D eigenvalue weighted by Gasteiger charge is -2.17. The van der Waals surface area contributed by atoms with Crippen LogP contribution in [0, 0.1) is 5.41 Å². The molecule has 0 aliphatic heterocycles. The number of halogens is 1. The summed E-state index contributed by atoms with van der Waals surface area (Å²) in [5, 5.41) is 3.40. The summed E-state index contributed by atoms with van der Waals surface area (Å²) >= 11 is 3.37. The molecule has 0 saturated carbocycles. The Morgan fingerprint density at radius 2 is 2.00 bits per heavy atom. The minimum absolute atomic E-state index is 0.0525. The summed E-state index contributed by atoms with van der Waals surface area (Å²) < 4.78 is 6.54. The minimum atomic E-state index is -0.537. The second-order valence-electron chi connectivity index (χ2n) is 6.25. The van der Waals surface area contributed by atoms with Crippen molar-refractivity contribution in [2.75, 3.05) is 5.32 Å². The Morgan fingerprint density at radius 3 is 2.59 bits per heavy atom. The lowest BCUT2D eigenvalue weighted by Crippen LogP contribution is -2.28. The molecule has 0 aliphatic rings. The van der Waals surface area contributed by atoms with Crippen LogP contribution in [0.4, 0.5) is 5.95 Å². The number of rotatable bonds is 3. The molecule has 22 heavy (non-hydrogen) atoms. The van der Waals surface area contributed by atoms with Gasteiger partial charge in [-0.3, -0.25) is 10.1 Å². The molecular weight excluding hydrogens is 348 g/mol. The highest BCUT2D eigenvalue weighted by Gasteiger charge is 2.23. The van der Waals surface area contributed by atoms with Crippen LogP contribution in [0.2, 0.25) is 0 Å². The van der Waals surface area contributed by atoms with E-state index in [0.717, 1.165) is 4.47 Å². The van der Waals surface area contributed by atoms with Gasteiger partial charge >= 0.3 is 0 Å². The summed E-state index contributed by atoms with van der Waals surface area (Å²) in [5.74, 6) is 0.426. The summed E-state index contributed by atoms with van der Waals surface area (Å²) in [6, 6.07) is 1.84. The standard InChI is InChI=1S/C15H19BrN4O2/c1-8(2)22-12-10-6-9(16)7-17-11(10)18-14(19-12)20-13(21)15(3,4)5/h6-8H,1-5H3,(H,17,18,19,20,21). The number of carbonyl (C=O) groups excluding carboxylic acids is 1. The molecule has 0 aliphatic carbocycles. The van der Waals surface area contributed by atoms with Crippen LogP contribution in [0.1, 0.15) is 34.6 Å². The number of nitrogens with one attached hydrogen (secondary N) is 1. The second kappa shape index (κ2) is 6.16. The van der Waals surface area contributed by atoms with Crippen molar-refractivity contribution in [1.29, 1.82) is 0 Å². The van der Waals surface area contributed by atoms with Gasteiger partial charge in [0.2, 0.25) is 17.7 Å². The van der Waals surface area contributed by atoms with E-state index >= 15 is 0 Å². The predicted molar refractivity (Wildman–Crippen MR) is 88.9 cm³/mol. The number of hydrogen-bond donors (Lipinski definition) is 1. The molecule has 0 bridgehead atoms. The summed E-state index contributed by atoms with van der Waals surface area (Å²) in [5.41, 5.74) is -0.0667. The smallest absolute Gasteiger partial charge is 0.234 e. The number of nitrogens with zero attached hydrogens (tertiary/aromatic N) is 3. The van der Waals surface area contributed by atoms with Crippen molar-refractivity contribution in [2.45, 2.75) is 40.7 Å². The number of fused-ring (bicyclic) bond motifs is 1. The van der Waals surface area contributed by atoms with Crippen LogP contribution in [0.15, 0.2) is 16.7 Å². The SMILES string of the molecule is CC(C)Oc1nc(NC(=O)C(C)(C)C)nc2ncc(Br)cc12.